The smallest absolute Gasteiger partial charge is 0.224 e. The second-order valence-electron chi connectivity index (χ2n) is 4.01. The van der Waals surface area contributed by atoms with Crippen molar-refractivity contribution in [1.82, 2.24) is 4.98 Å². The first-order chi connectivity index (χ1) is 9.15. The molecule has 2 aromatic rings. The number of rotatable bonds is 4. The van der Waals surface area contributed by atoms with Gasteiger partial charge in [-0.3, -0.25) is 0 Å². The van der Waals surface area contributed by atoms with Gasteiger partial charge in [0.15, 0.2) is 0 Å². The van der Waals surface area contributed by atoms with Crippen LogP contribution in [-0.2, 0) is 6.54 Å². The summed E-state index contributed by atoms with van der Waals surface area (Å²) in [4.78, 5) is 4.24. The lowest BCUT2D eigenvalue weighted by Gasteiger charge is -2.12. The molecule has 0 aliphatic heterocycles. The molecule has 1 aromatic carbocycles. The molecule has 1 aromatic heterocycles. The van der Waals surface area contributed by atoms with Crippen molar-refractivity contribution in [2.75, 3.05) is 7.11 Å². The summed E-state index contributed by atoms with van der Waals surface area (Å²) in [5, 5.41) is 0. The van der Waals surface area contributed by atoms with E-state index in [0.717, 1.165) is 21.3 Å². The Kier molecular flexibility index (Phi) is 4.39. The lowest BCUT2D eigenvalue weighted by Crippen LogP contribution is -2.03. The van der Waals surface area contributed by atoms with Crippen LogP contribution < -0.4 is 15.2 Å². The van der Waals surface area contributed by atoms with Gasteiger partial charge >= 0.3 is 0 Å². The van der Waals surface area contributed by atoms with E-state index in [9.17, 15) is 0 Å². The number of hydrogen-bond donors (Lipinski definition) is 1. The molecule has 0 bridgehead atoms. The first-order valence-corrected chi connectivity index (χ1v) is 6.61. The molecule has 5 heteroatoms. The van der Waals surface area contributed by atoms with Crippen molar-refractivity contribution in [3.63, 3.8) is 0 Å². The molecule has 1 heterocycles. The molecule has 100 valence electrons. The van der Waals surface area contributed by atoms with Crippen LogP contribution in [0.25, 0.3) is 0 Å². The van der Waals surface area contributed by atoms with Gasteiger partial charge in [-0.05, 0) is 52.7 Å². The predicted octanol–water partition coefficient (Wildman–Crippen LogP) is 3.41. The van der Waals surface area contributed by atoms with E-state index in [1.54, 1.807) is 13.3 Å². The fourth-order valence-corrected chi connectivity index (χ4v) is 2.13. The Labute approximate surface area is 120 Å². The zero-order chi connectivity index (χ0) is 13.8. The highest BCUT2D eigenvalue weighted by molar-refractivity contribution is 9.10. The number of pyridine rings is 1. The normalized spacial score (nSPS) is 10.3. The Bertz CT molecular complexity index is 588. The van der Waals surface area contributed by atoms with Gasteiger partial charge in [0, 0.05) is 18.3 Å². The van der Waals surface area contributed by atoms with Crippen LogP contribution in [-0.4, -0.2) is 12.1 Å². The number of halogens is 1. The number of nitrogens with zero attached hydrogens (tertiary/aromatic N) is 1. The summed E-state index contributed by atoms with van der Waals surface area (Å²) in [6, 6.07) is 7.41. The van der Waals surface area contributed by atoms with Gasteiger partial charge in [-0.2, -0.15) is 0 Å². The molecular formula is C14H15BrN2O2. The topological polar surface area (TPSA) is 57.4 Å². The van der Waals surface area contributed by atoms with Crippen LogP contribution in [0.5, 0.6) is 17.4 Å². The minimum atomic E-state index is 0.392. The SMILES string of the molecule is COc1ccc(Oc2nccc(C)c2CN)c(Br)c1. The number of aryl methyl sites for hydroxylation is 1. The largest absolute Gasteiger partial charge is 0.497 e. The molecule has 0 aliphatic carbocycles. The lowest BCUT2D eigenvalue weighted by atomic mass is 10.1. The van der Waals surface area contributed by atoms with Gasteiger partial charge in [-0.1, -0.05) is 0 Å². The molecule has 2 rings (SSSR count). The minimum absolute atomic E-state index is 0.392. The molecule has 0 atom stereocenters. The van der Waals surface area contributed by atoms with Crippen molar-refractivity contribution in [1.29, 1.82) is 0 Å². The van der Waals surface area contributed by atoms with Crippen molar-refractivity contribution < 1.29 is 9.47 Å². The summed E-state index contributed by atoms with van der Waals surface area (Å²) >= 11 is 3.45. The number of nitrogens with two attached hydrogens (primary N) is 1. The number of hydrogen-bond acceptors (Lipinski definition) is 4. The third-order valence-electron chi connectivity index (χ3n) is 2.80. The van der Waals surface area contributed by atoms with Gasteiger partial charge in [0.05, 0.1) is 11.6 Å². The first-order valence-electron chi connectivity index (χ1n) is 5.81. The standard InChI is InChI=1S/C14H15BrN2O2/c1-9-5-6-17-14(11(9)8-16)19-13-4-3-10(18-2)7-12(13)15/h3-7H,8,16H2,1-2H3. The molecule has 0 radical (unpaired) electrons. The maximum Gasteiger partial charge on any atom is 0.224 e. The predicted molar refractivity (Wildman–Crippen MR) is 77.6 cm³/mol. The van der Waals surface area contributed by atoms with Crippen molar-refractivity contribution in [2.45, 2.75) is 13.5 Å². The van der Waals surface area contributed by atoms with E-state index in [1.807, 2.05) is 31.2 Å². The van der Waals surface area contributed by atoms with Crippen LogP contribution in [0.3, 0.4) is 0 Å². The average Bonchev–Trinajstić information content (AvgIpc) is 2.41. The van der Waals surface area contributed by atoms with Crippen LogP contribution in [0.15, 0.2) is 34.9 Å². The van der Waals surface area contributed by atoms with Crippen LogP contribution in [0.1, 0.15) is 11.1 Å². The molecule has 0 saturated carbocycles. The number of methoxy groups -OCH3 is 1. The van der Waals surface area contributed by atoms with Gasteiger partial charge < -0.3 is 15.2 Å². The second-order valence-corrected chi connectivity index (χ2v) is 4.87. The van der Waals surface area contributed by atoms with Crippen LogP contribution in [0, 0.1) is 6.92 Å². The Hall–Kier alpha value is -1.59. The van der Waals surface area contributed by atoms with E-state index in [1.165, 1.54) is 0 Å². The highest BCUT2D eigenvalue weighted by Gasteiger charge is 2.10. The third kappa shape index (κ3) is 3.05. The van der Waals surface area contributed by atoms with Crippen molar-refractivity contribution in [3.8, 4) is 17.4 Å². The van der Waals surface area contributed by atoms with Crippen LogP contribution >= 0.6 is 15.9 Å². The number of ether oxygens (including phenoxy) is 2. The molecule has 0 saturated heterocycles. The summed E-state index contributed by atoms with van der Waals surface area (Å²) in [5.41, 5.74) is 7.71. The Balaban J connectivity index is 2.34. The van der Waals surface area contributed by atoms with Crippen molar-refractivity contribution >= 4 is 15.9 Å². The van der Waals surface area contributed by atoms with Gasteiger partial charge in [0.1, 0.15) is 11.5 Å². The summed E-state index contributed by atoms with van der Waals surface area (Å²) in [7, 11) is 1.62. The Morgan fingerprint density at radius 3 is 2.74 bits per heavy atom. The monoisotopic (exact) mass is 322 g/mol. The molecule has 0 unspecified atom stereocenters. The van der Waals surface area contributed by atoms with Gasteiger partial charge in [0.2, 0.25) is 5.88 Å². The fourth-order valence-electron chi connectivity index (χ4n) is 1.70. The van der Waals surface area contributed by atoms with Gasteiger partial charge in [0.25, 0.3) is 0 Å². The number of aromatic nitrogens is 1. The maximum atomic E-state index is 5.82. The van der Waals surface area contributed by atoms with Crippen LogP contribution in [0.2, 0.25) is 0 Å². The first kappa shape index (κ1) is 13.8. The molecule has 4 nitrogen and oxygen atoms in total. The van der Waals surface area contributed by atoms with Gasteiger partial charge in [-0.15, -0.1) is 0 Å². The highest BCUT2D eigenvalue weighted by Crippen LogP contribution is 2.33. The quantitative estimate of drug-likeness (QED) is 0.937. The highest BCUT2D eigenvalue weighted by atomic mass is 79.9. The summed E-state index contributed by atoms with van der Waals surface area (Å²) < 4.78 is 11.8. The molecular weight excluding hydrogens is 308 g/mol. The fraction of sp³-hybridized carbons (Fsp3) is 0.214. The lowest BCUT2D eigenvalue weighted by molar-refractivity contribution is 0.411. The van der Waals surface area contributed by atoms with E-state index in [0.29, 0.717) is 18.2 Å². The molecule has 0 spiro atoms. The van der Waals surface area contributed by atoms with E-state index in [-0.39, 0.29) is 0 Å². The zero-order valence-electron chi connectivity index (χ0n) is 10.8. The Morgan fingerprint density at radius 2 is 2.11 bits per heavy atom. The van der Waals surface area contributed by atoms with Gasteiger partial charge in [-0.25, -0.2) is 4.98 Å². The molecule has 2 N–H and O–H groups in total. The summed E-state index contributed by atoms with van der Waals surface area (Å²) in [5.74, 6) is 1.97. The Morgan fingerprint density at radius 1 is 1.32 bits per heavy atom. The van der Waals surface area contributed by atoms with E-state index in [4.69, 9.17) is 15.2 Å². The van der Waals surface area contributed by atoms with E-state index >= 15 is 0 Å². The van der Waals surface area contributed by atoms with Crippen molar-refractivity contribution in [3.05, 3.63) is 46.1 Å². The molecule has 19 heavy (non-hydrogen) atoms. The van der Waals surface area contributed by atoms with E-state index in [2.05, 4.69) is 20.9 Å². The zero-order valence-corrected chi connectivity index (χ0v) is 12.4. The molecule has 0 amide bonds. The third-order valence-corrected chi connectivity index (χ3v) is 3.42. The van der Waals surface area contributed by atoms with Crippen molar-refractivity contribution in [2.24, 2.45) is 5.73 Å². The summed E-state index contributed by atoms with van der Waals surface area (Å²) in [6.07, 6.45) is 1.71. The minimum Gasteiger partial charge on any atom is -0.497 e. The summed E-state index contributed by atoms with van der Waals surface area (Å²) in [6.45, 7) is 2.38. The second kappa shape index (κ2) is 6.04. The van der Waals surface area contributed by atoms with Crippen LogP contribution in [0.4, 0.5) is 0 Å². The molecule has 0 fully saturated rings. The van der Waals surface area contributed by atoms with E-state index < -0.39 is 0 Å². The maximum absolute atomic E-state index is 5.82. The average molecular weight is 323 g/mol. The molecule has 0 aliphatic rings. The number of benzene rings is 1.